The molecule has 0 radical (unpaired) electrons. The van der Waals surface area contributed by atoms with Crippen LogP contribution >= 0.6 is 15.9 Å². The zero-order chi connectivity index (χ0) is 11.5. The average molecular weight is 282 g/mol. The molecule has 84 valence electrons. The summed E-state index contributed by atoms with van der Waals surface area (Å²) in [6.45, 7) is 1.86. The summed E-state index contributed by atoms with van der Waals surface area (Å²) >= 11 is 3.37. The van der Waals surface area contributed by atoms with Crippen molar-refractivity contribution in [1.82, 2.24) is 9.78 Å². The normalized spacial score (nSPS) is 12.4. The Morgan fingerprint density at radius 2 is 2.00 bits per heavy atom. The van der Waals surface area contributed by atoms with Gasteiger partial charge in [-0.1, -0.05) is 15.9 Å². The number of aromatic nitrogens is 2. The van der Waals surface area contributed by atoms with Crippen LogP contribution in [0.1, 0.15) is 13.1 Å². The van der Waals surface area contributed by atoms with Crippen LogP contribution in [0.5, 0.6) is 11.5 Å². The fourth-order valence-electron chi connectivity index (χ4n) is 1.23. The Bertz CT molecular complexity index is 464. The zero-order valence-electron chi connectivity index (χ0n) is 8.80. The molecule has 0 aliphatic carbocycles. The van der Waals surface area contributed by atoms with E-state index in [9.17, 15) is 0 Å². The predicted octanol–water partition coefficient (Wildman–Crippen LogP) is 2.92. The van der Waals surface area contributed by atoms with E-state index in [0.29, 0.717) is 5.75 Å². The number of nitrogens with zero attached hydrogens (tertiary/aromatic N) is 2. The van der Waals surface area contributed by atoms with Gasteiger partial charge in [0.15, 0.2) is 5.75 Å². The lowest BCUT2D eigenvalue weighted by Crippen LogP contribution is -2.14. The van der Waals surface area contributed by atoms with Gasteiger partial charge in [-0.2, -0.15) is 5.10 Å². The van der Waals surface area contributed by atoms with Crippen LogP contribution in [-0.2, 0) is 0 Å². The molecule has 0 spiro atoms. The highest BCUT2D eigenvalue weighted by Crippen LogP contribution is 2.22. The van der Waals surface area contributed by atoms with E-state index < -0.39 is 0 Å². The highest BCUT2D eigenvalue weighted by atomic mass is 79.9. The van der Waals surface area contributed by atoms with E-state index in [1.54, 1.807) is 17.1 Å². The number of halogens is 1. The summed E-state index contributed by atoms with van der Waals surface area (Å²) in [7, 11) is 0. The monoisotopic (exact) mass is 281 g/mol. The molecule has 5 heteroatoms. The third-order valence-electron chi connectivity index (χ3n) is 2.04. The molecule has 1 aromatic heterocycles. The maximum absolute atomic E-state index is 5.68. The van der Waals surface area contributed by atoms with E-state index in [0.717, 1.165) is 10.2 Å². The van der Waals surface area contributed by atoms with Crippen molar-refractivity contribution in [2.75, 3.05) is 0 Å². The minimum absolute atomic E-state index is 0.151. The van der Waals surface area contributed by atoms with Crippen LogP contribution in [-0.4, -0.2) is 9.78 Å². The average Bonchev–Trinajstić information content (AvgIpc) is 2.70. The third-order valence-corrected chi connectivity index (χ3v) is 2.57. The summed E-state index contributed by atoms with van der Waals surface area (Å²) in [4.78, 5) is 0. The van der Waals surface area contributed by atoms with Crippen molar-refractivity contribution in [3.63, 3.8) is 0 Å². The zero-order valence-corrected chi connectivity index (χ0v) is 10.4. The number of nitrogens with two attached hydrogens (primary N) is 1. The van der Waals surface area contributed by atoms with E-state index in [2.05, 4.69) is 21.0 Å². The molecule has 0 bridgehead atoms. The van der Waals surface area contributed by atoms with Gasteiger partial charge >= 0.3 is 0 Å². The van der Waals surface area contributed by atoms with Crippen LogP contribution in [0.3, 0.4) is 0 Å². The summed E-state index contributed by atoms with van der Waals surface area (Å²) in [5, 5.41) is 4.09. The van der Waals surface area contributed by atoms with Crippen molar-refractivity contribution >= 4 is 15.9 Å². The fourth-order valence-corrected chi connectivity index (χ4v) is 1.50. The summed E-state index contributed by atoms with van der Waals surface area (Å²) in [6, 6.07) is 7.61. The van der Waals surface area contributed by atoms with E-state index in [1.807, 2.05) is 31.2 Å². The number of benzene rings is 1. The molecule has 16 heavy (non-hydrogen) atoms. The Morgan fingerprint density at radius 3 is 2.56 bits per heavy atom. The molecule has 2 N–H and O–H groups in total. The first-order valence-electron chi connectivity index (χ1n) is 4.88. The predicted molar refractivity (Wildman–Crippen MR) is 65.3 cm³/mol. The van der Waals surface area contributed by atoms with Gasteiger partial charge < -0.3 is 10.5 Å². The molecule has 2 aromatic rings. The van der Waals surface area contributed by atoms with Crippen molar-refractivity contribution in [2.24, 2.45) is 5.73 Å². The molecule has 0 amide bonds. The van der Waals surface area contributed by atoms with Gasteiger partial charge in [0.25, 0.3) is 0 Å². The van der Waals surface area contributed by atoms with Crippen LogP contribution in [0.25, 0.3) is 0 Å². The second-order valence-electron chi connectivity index (χ2n) is 3.45. The van der Waals surface area contributed by atoms with Crippen molar-refractivity contribution < 1.29 is 4.74 Å². The van der Waals surface area contributed by atoms with Crippen LogP contribution in [0, 0.1) is 0 Å². The quantitative estimate of drug-likeness (QED) is 0.941. The van der Waals surface area contributed by atoms with Crippen LogP contribution < -0.4 is 10.5 Å². The summed E-state index contributed by atoms with van der Waals surface area (Å²) in [5.41, 5.74) is 5.68. The lowest BCUT2D eigenvalue weighted by molar-refractivity contribution is 0.474. The number of hydrogen-bond acceptors (Lipinski definition) is 3. The molecule has 1 aromatic carbocycles. The minimum Gasteiger partial charge on any atom is -0.454 e. The van der Waals surface area contributed by atoms with Gasteiger partial charge in [-0.25, -0.2) is 0 Å². The smallest absolute Gasteiger partial charge is 0.165 e. The Labute approximate surface area is 102 Å². The van der Waals surface area contributed by atoms with Gasteiger partial charge in [-0.05, 0) is 31.2 Å². The van der Waals surface area contributed by atoms with Crippen LogP contribution in [0.4, 0.5) is 0 Å². The molecule has 1 heterocycles. The number of ether oxygens (including phenoxy) is 1. The topological polar surface area (TPSA) is 53.1 Å². The van der Waals surface area contributed by atoms with Gasteiger partial charge in [-0.15, -0.1) is 0 Å². The first-order chi connectivity index (χ1) is 7.65. The first-order valence-corrected chi connectivity index (χ1v) is 5.67. The molecule has 4 nitrogen and oxygen atoms in total. The molecule has 2 rings (SSSR count). The van der Waals surface area contributed by atoms with Gasteiger partial charge in [0, 0.05) is 4.47 Å². The summed E-state index contributed by atoms with van der Waals surface area (Å²) in [6.07, 6.45) is 3.26. The van der Waals surface area contributed by atoms with Gasteiger partial charge in [0.1, 0.15) is 5.75 Å². The van der Waals surface area contributed by atoms with E-state index in [4.69, 9.17) is 10.5 Å². The first kappa shape index (κ1) is 11.2. The van der Waals surface area contributed by atoms with Crippen molar-refractivity contribution in [3.8, 4) is 11.5 Å². The second-order valence-corrected chi connectivity index (χ2v) is 4.37. The molecular formula is C11H12BrN3O. The molecule has 1 atom stereocenters. The van der Waals surface area contributed by atoms with Gasteiger partial charge in [0.05, 0.1) is 18.6 Å². The Hall–Kier alpha value is -1.33. The molecule has 0 fully saturated rings. The Balaban J connectivity index is 2.11. The van der Waals surface area contributed by atoms with Crippen LogP contribution in [0.15, 0.2) is 41.1 Å². The van der Waals surface area contributed by atoms with E-state index in [-0.39, 0.29) is 6.17 Å². The molecule has 0 saturated carbocycles. The Kier molecular flexibility index (Phi) is 3.26. The highest BCUT2D eigenvalue weighted by Gasteiger charge is 2.03. The summed E-state index contributed by atoms with van der Waals surface area (Å²) < 4.78 is 8.27. The summed E-state index contributed by atoms with van der Waals surface area (Å²) in [5.74, 6) is 1.45. The molecule has 0 aliphatic heterocycles. The SMILES string of the molecule is CC(N)n1cc(Oc2ccc(Br)cc2)cn1. The third kappa shape index (κ3) is 2.62. The minimum atomic E-state index is -0.151. The molecule has 0 aliphatic rings. The fraction of sp³-hybridized carbons (Fsp3) is 0.182. The standard InChI is InChI=1S/C11H12BrN3O/c1-8(13)15-7-11(6-14-15)16-10-4-2-9(12)3-5-10/h2-8H,13H2,1H3. The Morgan fingerprint density at radius 1 is 1.31 bits per heavy atom. The molecule has 1 unspecified atom stereocenters. The van der Waals surface area contributed by atoms with E-state index in [1.165, 1.54) is 0 Å². The van der Waals surface area contributed by atoms with Crippen molar-refractivity contribution in [3.05, 3.63) is 41.1 Å². The second kappa shape index (κ2) is 4.67. The van der Waals surface area contributed by atoms with Crippen LogP contribution in [0.2, 0.25) is 0 Å². The lowest BCUT2D eigenvalue weighted by Gasteiger charge is -2.04. The maximum atomic E-state index is 5.68. The number of rotatable bonds is 3. The van der Waals surface area contributed by atoms with Gasteiger partial charge in [0.2, 0.25) is 0 Å². The van der Waals surface area contributed by atoms with Crippen molar-refractivity contribution in [1.29, 1.82) is 0 Å². The lowest BCUT2D eigenvalue weighted by atomic mass is 10.3. The van der Waals surface area contributed by atoms with Crippen molar-refractivity contribution in [2.45, 2.75) is 13.1 Å². The van der Waals surface area contributed by atoms with Gasteiger partial charge in [-0.3, -0.25) is 4.68 Å². The highest BCUT2D eigenvalue weighted by molar-refractivity contribution is 9.10. The number of hydrogen-bond donors (Lipinski definition) is 1. The largest absolute Gasteiger partial charge is 0.454 e. The van der Waals surface area contributed by atoms with E-state index >= 15 is 0 Å². The molecular weight excluding hydrogens is 270 g/mol. The maximum Gasteiger partial charge on any atom is 0.165 e. The molecule has 0 saturated heterocycles.